The summed E-state index contributed by atoms with van der Waals surface area (Å²) >= 11 is 1.32. The van der Waals surface area contributed by atoms with Crippen molar-refractivity contribution in [1.82, 2.24) is 19.5 Å². The molecule has 1 aromatic carbocycles. The van der Waals surface area contributed by atoms with E-state index >= 15 is 0 Å². The number of hydrogen-bond donors (Lipinski definition) is 1. The minimum absolute atomic E-state index is 0.00732. The summed E-state index contributed by atoms with van der Waals surface area (Å²) in [5, 5.41) is 0.496. The summed E-state index contributed by atoms with van der Waals surface area (Å²) < 4.78 is 89.0. The van der Waals surface area contributed by atoms with E-state index in [4.69, 9.17) is 15.2 Å². The van der Waals surface area contributed by atoms with Gasteiger partial charge in [-0.05, 0) is 37.6 Å². The molecule has 0 saturated heterocycles. The van der Waals surface area contributed by atoms with Crippen molar-refractivity contribution in [3.63, 3.8) is 0 Å². The molecule has 204 valence electrons. The maximum absolute atomic E-state index is 12.7. The van der Waals surface area contributed by atoms with Crippen LogP contribution in [0.2, 0.25) is 0 Å². The monoisotopic (exact) mass is 569 g/mol. The Kier molecular flexibility index (Phi) is 9.87. The van der Waals surface area contributed by atoms with Crippen molar-refractivity contribution < 1.29 is 35.8 Å². The second-order valence-electron chi connectivity index (χ2n) is 8.20. The third-order valence-electron chi connectivity index (χ3n) is 4.76. The van der Waals surface area contributed by atoms with Crippen molar-refractivity contribution in [2.24, 2.45) is 0 Å². The molecule has 2 heterocycles. The van der Waals surface area contributed by atoms with Crippen LogP contribution in [-0.4, -0.2) is 63.3 Å². The average molecular weight is 570 g/mol. The highest BCUT2D eigenvalue weighted by Crippen LogP contribution is 2.46. The zero-order chi connectivity index (χ0) is 27.2. The van der Waals surface area contributed by atoms with E-state index in [0.717, 1.165) is 17.1 Å². The zero-order valence-electron chi connectivity index (χ0n) is 20.0. The normalized spacial score (nSPS) is 13.4. The Morgan fingerprint density at radius 1 is 1.05 bits per heavy atom. The molecule has 0 aliphatic heterocycles. The predicted molar refractivity (Wildman–Crippen MR) is 130 cm³/mol. The first-order chi connectivity index (χ1) is 17.3. The number of anilines is 1. The average Bonchev–Trinajstić information content (AvgIpc) is 3.17. The first-order valence-corrected chi connectivity index (χ1v) is 13.9. The predicted octanol–water partition coefficient (Wildman–Crippen LogP) is 6.32. The number of nitrogen functional groups attached to an aromatic ring is 1. The fourth-order valence-electron chi connectivity index (χ4n) is 3.29. The van der Waals surface area contributed by atoms with Crippen LogP contribution in [0.3, 0.4) is 0 Å². The first kappa shape index (κ1) is 29.2. The van der Waals surface area contributed by atoms with Crippen molar-refractivity contribution in [3.8, 4) is 5.75 Å². The molecule has 7 nitrogen and oxygen atoms in total. The van der Waals surface area contributed by atoms with Crippen molar-refractivity contribution in [2.45, 2.75) is 55.2 Å². The van der Waals surface area contributed by atoms with Gasteiger partial charge in [-0.1, -0.05) is 26.6 Å². The Morgan fingerprint density at radius 3 is 2.30 bits per heavy atom. The molecule has 0 bridgehead atoms. The standard InChI is InChI=1S/C22H26F6N5O2PS/c1-3-8-34-15-4-6-16(7-5-15)37-19-17-18(31-20(29)32-19)33(12-30-17)9-14(2)35-13-36(10-21(23,24)25)11-22(26,27)28/h4-7,12,14H,3,8-11,13H2,1-2H3,(H2,29,31,32). The van der Waals surface area contributed by atoms with Crippen LogP contribution in [0.25, 0.3) is 11.2 Å². The maximum Gasteiger partial charge on any atom is 0.392 e. The number of aromatic nitrogens is 4. The lowest BCUT2D eigenvalue weighted by Gasteiger charge is -2.23. The lowest BCUT2D eigenvalue weighted by atomic mass is 10.3. The van der Waals surface area contributed by atoms with Gasteiger partial charge in [-0.15, -0.1) is 0 Å². The number of hydrogen-bond acceptors (Lipinski definition) is 7. The van der Waals surface area contributed by atoms with Crippen molar-refractivity contribution >= 4 is 36.8 Å². The Bertz CT molecular complexity index is 1140. The van der Waals surface area contributed by atoms with Gasteiger partial charge in [0.25, 0.3) is 0 Å². The molecule has 1 atom stereocenters. The van der Waals surface area contributed by atoms with Crippen LogP contribution in [0, 0.1) is 0 Å². The van der Waals surface area contributed by atoms with Crippen LogP contribution in [0.4, 0.5) is 32.3 Å². The summed E-state index contributed by atoms with van der Waals surface area (Å²) in [6.45, 7) is 4.28. The summed E-state index contributed by atoms with van der Waals surface area (Å²) in [5.74, 6) is 0.734. The largest absolute Gasteiger partial charge is 0.494 e. The highest BCUT2D eigenvalue weighted by Gasteiger charge is 2.38. The van der Waals surface area contributed by atoms with Gasteiger partial charge in [-0.25, -0.2) is 9.97 Å². The molecule has 1 unspecified atom stereocenters. The Balaban J connectivity index is 1.69. The highest BCUT2D eigenvalue weighted by molar-refractivity contribution is 7.99. The number of benzene rings is 1. The molecule has 3 aromatic rings. The smallest absolute Gasteiger partial charge is 0.392 e. The Morgan fingerprint density at radius 2 is 1.70 bits per heavy atom. The van der Waals surface area contributed by atoms with Crippen LogP contribution < -0.4 is 10.5 Å². The quantitative estimate of drug-likeness (QED) is 0.155. The zero-order valence-corrected chi connectivity index (χ0v) is 21.7. The molecule has 0 saturated carbocycles. The molecular formula is C22H26F6N5O2PS. The second kappa shape index (κ2) is 12.5. The maximum atomic E-state index is 12.7. The van der Waals surface area contributed by atoms with Crippen LogP contribution in [0.5, 0.6) is 5.75 Å². The molecule has 0 radical (unpaired) electrons. The SMILES string of the molecule is CCCOc1ccc(Sc2nc(N)nc3c2ncn3CC(C)OCP(CC(F)(F)F)CC(F)(F)F)cc1. The molecule has 2 N–H and O–H groups in total. The van der Waals surface area contributed by atoms with Gasteiger partial charge in [0.15, 0.2) is 5.65 Å². The van der Waals surface area contributed by atoms with Gasteiger partial charge < -0.3 is 19.8 Å². The van der Waals surface area contributed by atoms with Crippen molar-refractivity contribution in [2.75, 3.05) is 31.0 Å². The van der Waals surface area contributed by atoms with Gasteiger partial charge in [0.2, 0.25) is 5.95 Å². The van der Waals surface area contributed by atoms with Crippen LogP contribution >= 0.6 is 19.7 Å². The van der Waals surface area contributed by atoms with Gasteiger partial charge >= 0.3 is 12.4 Å². The topological polar surface area (TPSA) is 88.1 Å². The summed E-state index contributed by atoms with van der Waals surface area (Å²) in [6.07, 6.45) is -11.4. The summed E-state index contributed by atoms with van der Waals surface area (Å²) in [4.78, 5) is 13.7. The van der Waals surface area contributed by atoms with Crippen molar-refractivity contribution in [1.29, 1.82) is 0 Å². The number of halogens is 6. The van der Waals surface area contributed by atoms with Crippen LogP contribution in [0.1, 0.15) is 20.3 Å². The summed E-state index contributed by atoms with van der Waals surface area (Å²) in [5.41, 5.74) is 6.72. The van der Waals surface area contributed by atoms with Gasteiger partial charge in [-0.3, -0.25) is 0 Å². The lowest BCUT2D eigenvalue weighted by Crippen LogP contribution is -2.24. The number of imidazole rings is 1. The van der Waals surface area contributed by atoms with Crippen LogP contribution in [-0.2, 0) is 11.3 Å². The van der Waals surface area contributed by atoms with E-state index in [9.17, 15) is 26.3 Å². The van der Waals surface area contributed by atoms with E-state index in [1.807, 2.05) is 31.2 Å². The molecule has 0 spiro atoms. The number of ether oxygens (including phenoxy) is 2. The number of nitrogens with two attached hydrogens (primary N) is 1. The molecule has 0 aliphatic carbocycles. The third kappa shape index (κ3) is 9.50. The second-order valence-corrected chi connectivity index (χ2v) is 11.5. The molecular weight excluding hydrogens is 543 g/mol. The number of nitrogens with zero attached hydrogens (tertiary/aromatic N) is 4. The van der Waals surface area contributed by atoms with E-state index < -0.39 is 45.0 Å². The molecule has 15 heteroatoms. The Hall–Kier alpha value is -2.31. The summed E-state index contributed by atoms with van der Waals surface area (Å²) in [6, 6.07) is 7.41. The van der Waals surface area contributed by atoms with Crippen LogP contribution in [0.15, 0.2) is 40.5 Å². The van der Waals surface area contributed by atoms with Gasteiger partial charge in [0.1, 0.15) is 16.3 Å². The number of rotatable bonds is 12. The lowest BCUT2D eigenvalue weighted by molar-refractivity contribution is -0.112. The fraction of sp³-hybridized carbons (Fsp3) is 0.500. The van der Waals surface area contributed by atoms with Gasteiger partial charge in [0.05, 0.1) is 44.3 Å². The minimum Gasteiger partial charge on any atom is -0.494 e. The molecule has 37 heavy (non-hydrogen) atoms. The first-order valence-electron chi connectivity index (χ1n) is 11.2. The summed E-state index contributed by atoms with van der Waals surface area (Å²) in [7, 11) is -2.47. The fourth-order valence-corrected chi connectivity index (χ4v) is 5.94. The van der Waals surface area contributed by atoms with Gasteiger partial charge in [0, 0.05) is 4.90 Å². The number of alkyl halides is 6. The van der Waals surface area contributed by atoms with E-state index in [1.54, 1.807) is 11.5 Å². The molecule has 3 rings (SSSR count). The van der Waals surface area contributed by atoms with E-state index in [2.05, 4.69) is 15.0 Å². The van der Waals surface area contributed by atoms with Gasteiger partial charge in [-0.2, -0.15) is 31.3 Å². The third-order valence-corrected chi connectivity index (χ3v) is 7.87. The minimum atomic E-state index is -4.70. The number of fused-ring (bicyclic) bond motifs is 1. The van der Waals surface area contributed by atoms with E-state index in [-0.39, 0.29) is 12.5 Å². The van der Waals surface area contributed by atoms with E-state index in [1.165, 1.54) is 18.1 Å². The molecule has 0 amide bonds. The highest BCUT2D eigenvalue weighted by atomic mass is 32.2. The van der Waals surface area contributed by atoms with Crippen molar-refractivity contribution in [3.05, 3.63) is 30.6 Å². The molecule has 0 fully saturated rings. The molecule has 2 aromatic heterocycles. The Labute approximate surface area is 214 Å². The molecule has 0 aliphatic rings. The van der Waals surface area contributed by atoms with E-state index in [0.29, 0.717) is 22.8 Å².